The van der Waals surface area contributed by atoms with Gasteiger partial charge in [-0.2, -0.15) is 4.72 Å². The summed E-state index contributed by atoms with van der Waals surface area (Å²) in [5, 5.41) is 2.63. The van der Waals surface area contributed by atoms with Gasteiger partial charge in [0, 0.05) is 6.54 Å². The number of rotatable bonds is 6. The van der Waals surface area contributed by atoms with Crippen molar-refractivity contribution in [3.63, 3.8) is 0 Å². The molecule has 0 radical (unpaired) electrons. The summed E-state index contributed by atoms with van der Waals surface area (Å²) >= 11 is 0. The molecule has 2 aromatic carbocycles. The zero-order chi connectivity index (χ0) is 19.6. The van der Waals surface area contributed by atoms with Gasteiger partial charge in [0.2, 0.25) is 21.9 Å². The number of anilines is 1. The first-order chi connectivity index (χ1) is 12.8. The van der Waals surface area contributed by atoms with E-state index in [1.165, 1.54) is 19.1 Å². The fourth-order valence-corrected chi connectivity index (χ4v) is 4.00. The third kappa shape index (κ3) is 3.83. The molecule has 7 nitrogen and oxygen atoms in total. The molecule has 1 amide bonds. The van der Waals surface area contributed by atoms with Gasteiger partial charge in [-0.1, -0.05) is 24.3 Å². The molecule has 27 heavy (non-hydrogen) atoms. The van der Waals surface area contributed by atoms with E-state index < -0.39 is 32.7 Å². The number of halogens is 1. The van der Waals surface area contributed by atoms with Gasteiger partial charge in [-0.15, -0.1) is 0 Å². The lowest BCUT2D eigenvalue weighted by Crippen LogP contribution is -2.42. The lowest BCUT2D eigenvalue weighted by Gasteiger charge is -2.15. The molecule has 0 bridgehead atoms. The van der Waals surface area contributed by atoms with Crippen molar-refractivity contribution in [1.29, 1.82) is 0 Å². The SMILES string of the molecule is CCn1c(NC(=O)[C@H](C)NS(=O)(=O)c2ccccc2F)nc2ccccc21. The van der Waals surface area contributed by atoms with Crippen molar-refractivity contribution in [3.8, 4) is 0 Å². The molecular formula is C18H19FN4O3S. The molecule has 0 unspecified atom stereocenters. The Hall–Kier alpha value is -2.78. The minimum absolute atomic E-state index is 0.320. The average molecular weight is 390 g/mol. The van der Waals surface area contributed by atoms with E-state index in [0.717, 1.165) is 17.6 Å². The standard InChI is InChI=1S/C18H19FN4O3S/c1-3-23-15-10-6-5-9-14(15)20-18(23)21-17(24)12(2)22-27(25,26)16-11-7-4-8-13(16)19/h4-12,22H,3H2,1-2H3,(H,20,21,24)/t12-/m0/s1. The van der Waals surface area contributed by atoms with E-state index >= 15 is 0 Å². The van der Waals surface area contributed by atoms with Crippen molar-refractivity contribution in [1.82, 2.24) is 14.3 Å². The smallest absolute Gasteiger partial charge is 0.244 e. The van der Waals surface area contributed by atoms with Crippen LogP contribution < -0.4 is 10.0 Å². The van der Waals surface area contributed by atoms with Crippen molar-refractivity contribution >= 4 is 32.9 Å². The Morgan fingerprint density at radius 2 is 1.85 bits per heavy atom. The highest BCUT2D eigenvalue weighted by Gasteiger charge is 2.25. The lowest BCUT2D eigenvalue weighted by atomic mass is 10.3. The maximum Gasteiger partial charge on any atom is 0.244 e. The van der Waals surface area contributed by atoms with Gasteiger partial charge in [0.25, 0.3) is 0 Å². The molecule has 3 aromatic rings. The highest BCUT2D eigenvalue weighted by atomic mass is 32.2. The van der Waals surface area contributed by atoms with Gasteiger partial charge in [0.1, 0.15) is 10.7 Å². The highest BCUT2D eigenvalue weighted by molar-refractivity contribution is 7.89. The first-order valence-electron chi connectivity index (χ1n) is 8.36. The summed E-state index contributed by atoms with van der Waals surface area (Å²) < 4.78 is 42.4. The second kappa shape index (κ2) is 7.45. The zero-order valence-corrected chi connectivity index (χ0v) is 15.6. The number of nitrogens with one attached hydrogen (secondary N) is 2. The molecule has 0 saturated carbocycles. The largest absolute Gasteiger partial charge is 0.310 e. The molecule has 2 N–H and O–H groups in total. The van der Waals surface area contributed by atoms with Gasteiger partial charge < -0.3 is 4.57 Å². The molecule has 1 atom stereocenters. The number of fused-ring (bicyclic) bond motifs is 1. The fraction of sp³-hybridized carbons (Fsp3) is 0.222. The maximum absolute atomic E-state index is 13.8. The van der Waals surface area contributed by atoms with E-state index in [4.69, 9.17) is 0 Å². The Kier molecular flexibility index (Phi) is 5.24. The summed E-state index contributed by atoms with van der Waals surface area (Å²) in [6.45, 7) is 3.87. The molecule has 0 aliphatic rings. The van der Waals surface area contributed by atoms with Gasteiger partial charge in [-0.05, 0) is 38.1 Å². The second-order valence-electron chi connectivity index (χ2n) is 5.93. The molecule has 142 valence electrons. The number of sulfonamides is 1. The van der Waals surface area contributed by atoms with Crippen molar-refractivity contribution in [2.75, 3.05) is 5.32 Å². The number of carbonyl (C=O) groups excluding carboxylic acids is 1. The van der Waals surface area contributed by atoms with Gasteiger partial charge >= 0.3 is 0 Å². The number of aromatic nitrogens is 2. The van der Waals surface area contributed by atoms with Crippen LogP contribution in [0.5, 0.6) is 0 Å². The molecule has 1 heterocycles. The van der Waals surface area contributed by atoms with E-state index in [-0.39, 0.29) is 0 Å². The van der Waals surface area contributed by atoms with E-state index in [1.807, 2.05) is 35.8 Å². The molecular weight excluding hydrogens is 371 g/mol. The molecule has 1 aromatic heterocycles. The van der Waals surface area contributed by atoms with Crippen LogP contribution in [0.25, 0.3) is 11.0 Å². The van der Waals surface area contributed by atoms with E-state index in [9.17, 15) is 17.6 Å². The number of carbonyl (C=O) groups is 1. The molecule has 3 rings (SSSR count). The summed E-state index contributed by atoms with van der Waals surface area (Å²) in [4.78, 5) is 16.3. The van der Waals surface area contributed by atoms with Crippen LogP contribution in [0.15, 0.2) is 53.4 Å². The lowest BCUT2D eigenvalue weighted by molar-refractivity contribution is -0.117. The number of hydrogen-bond donors (Lipinski definition) is 2. The number of imidazole rings is 1. The number of para-hydroxylation sites is 2. The van der Waals surface area contributed by atoms with Gasteiger partial charge in [-0.3, -0.25) is 10.1 Å². The predicted molar refractivity (Wildman–Crippen MR) is 100 cm³/mol. The Morgan fingerprint density at radius 1 is 1.19 bits per heavy atom. The predicted octanol–water partition coefficient (Wildman–Crippen LogP) is 2.50. The van der Waals surface area contributed by atoms with Crippen LogP contribution in [0.2, 0.25) is 0 Å². The zero-order valence-electron chi connectivity index (χ0n) is 14.8. The van der Waals surface area contributed by atoms with Crippen molar-refractivity contribution in [3.05, 3.63) is 54.3 Å². The average Bonchev–Trinajstić information content (AvgIpc) is 2.98. The highest BCUT2D eigenvalue weighted by Crippen LogP contribution is 2.20. The first kappa shape index (κ1) is 19.0. The van der Waals surface area contributed by atoms with Crippen LogP contribution in [-0.2, 0) is 21.4 Å². The number of hydrogen-bond acceptors (Lipinski definition) is 4. The number of aryl methyl sites for hydroxylation is 1. The minimum Gasteiger partial charge on any atom is -0.310 e. The van der Waals surface area contributed by atoms with Crippen LogP contribution in [0.4, 0.5) is 10.3 Å². The van der Waals surface area contributed by atoms with E-state index in [2.05, 4.69) is 15.0 Å². The summed E-state index contributed by atoms with van der Waals surface area (Å²) in [5.41, 5.74) is 1.57. The van der Waals surface area contributed by atoms with E-state index in [1.54, 1.807) is 0 Å². The molecule has 0 aliphatic carbocycles. The van der Waals surface area contributed by atoms with Crippen LogP contribution in [0, 0.1) is 5.82 Å². The normalized spacial score (nSPS) is 12.9. The van der Waals surface area contributed by atoms with Gasteiger partial charge in [-0.25, -0.2) is 17.8 Å². The van der Waals surface area contributed by atoms with Gasteiger partial charge in [0.15, 0.2) is 0 Å². The Labute approximate surface area is 156 Å². The van der Waals surface area contributed by atoms with Gasteiger partial charge in [0.05, 0.1) is 17.1 Å². The Bertz CT molecular complexity index is 1090. The summed E-state index contributed by atoms with van der Waals surface area (Å²) in [7, 11) is -4.18. The summed E-state index contributed by atoms with van der Waals surface area (Å²) in [6.07, 6.45) is 0. The molecule has 0 fully saturated rings. The summed E-state index contributed by atoms with van der Waals surface area (Å²) in [5.74, 6) is -1.16. The Balaban J connectivity index is 1.80. The van der Waals surface area contributed by atoms with Crippen LogP contribution in [-0.4, -0.2) is 29.9 Å². The monoisotopic (exact) mass is 390 g/mol. The first-order valence-corrected chi connectivity index (χ1v) is 9.85. The summed E-state index contributed by atoms with van der Waals surface area (Å²) in [6, 6.07) is 11.3. The number of nitrogens with zero attached hydrogens (tertiary/aromatic N) is 2. The number of benzene rings is 2. The second-order valence-corrected chi connectivity index (χ2v) is 7.61. The maximum atomic E-state index is 13.8. The Morgan fingerprint density at radius 3 is 2.56 bits per heavy atom. The molecule has 0 saturated heterocycles. The third-order valence-electron chi connectivity index (χ3n) is 4.06. The number of amides is 1. The van der Waals surface area contributed by atoms with Crippen LogP contribution >= 0.6 is 0 Å². The molecule has 0 spiro atoms. The fourth-order valence-electron chi connectivity index (χ4n) is 2.72. The van der Waals surface area contributed by atoms with Crippen molar-refractivity contribution in [2.24, 2.45) is 0 Å². The molecule has 9 heteroatoms. The topological polar surface area (TPSA) is 93.1 Å². The van der Waals surface area contributed by atoms with Crippen LogP contribution in [0.1, 0.15) is 13.8 Å². The van der Waals surface area contributed by atoms with Crippen molar-refractivity contribution < 1.29 is 17.6 Å². The molecule has 0 aliphatic heterocycles. The minimum atomic E-state index is -4.18. The third-order valence-corrected chi connectivity index (χ3v) is 5.63. The van der Waals surface area contributed by atoms with Crippen LogP contribution in [0.3, 0.4) is 0 Å². The van der Waals surface area contributed by atoms with E-state index in [0.29, 0.717) is 18.0 Å². The van der Waals surface area contributed by atoms with Crippen molar-refractivity contribution in [2.45, 2.75) is 31.3 Å². The quantitative estimate of drug-likeness (QED) is 0.676.